The number of benzene rings is 1. The molecule has 4 aromatic rings. The van der Waals surface area contributed by atoms with Crippen molar-refractivity contribution in [3.05, 3.63) is 71.6 Å². The average molecular weight is 464 g/mol. The first-order valence-electron chi connectivity index (χ1n) is 13.4. The molecule has 5 nitrogen and oxygen atoms in total. The van der Waals surface area contributed by atoms with E-state index in [9.17, 15) is 0 Å². The molecule has 1 aromatic carbocycles. The predicted molar refractivity (Wildman–Crippen MR) is 138 cm³/mol. The molecule has 3 saturated carbocycles. The maximum atomic E-state index is 5.20. The highest BCUT2D eigenvalue weighted by Crippen LogP contribution is 2.49. The Balaban J connectivity index is 1.29. The molecular weight excluding hydrogens is 430 g/mol. The molecule has 1 N–H and O–H groups in total. The third kappa shape index (κ3) is 3.76. The number of H-pyrrole nitrogens is 1. The molecule has 3 heterocycles. The lowest BCUT2D eigenvalue weighted by Gasteiger charge is -2.47. The molecule has 5 heteroatoms. The van der Waals surface area contributed by atoms with E-state index in [1.165, 1.54) is 48.2 Å². The maximum Gasteiger partial charge on any atom is 0.161 e. The number of aromatic nitrogens is 5. The molecule has 0 saturated heterocycles. The zero-order chi connectivity index (χ0) is 23.4. The van der Waals surface area contributed by atoms with Gasteiger partial charge in [0.15, 0.2) is 5.82 Å². The lowest BCUT2D eigenvalue weighted by molar-refractivity contribution is 0.0338. The number of aryl methyl sites for hydroxylation is 1. The van der Waals surface area contributed by atoms with E-state index >= 15 is 0 Å². The van der Waals surface area contributed by atoms with Crippen molar-refractivity contribution >= 4 is 11.0 Å². The predicted octanol–water partition coefficient (Wildman–Crippen LogP) is 6.30. The standard InChI is InChI=1S/C30H33N5/c1-18-19-6-9-21(10-7-19)25(18)13-24-14-28(23-11-8-20-4-2-3-5-22(20)12-23)35-30(34-24)27-16-32-29-26(27)15-31-17-33-29/h2-5,14-19,21,23,25H,6-13H2,1H3,(H,31,32,33). The Hall–Kier alpha value is -3.08. The number of hydrogen-bond donors (Lipinski definition) is 1. The molecule has 0 spiro atoms. The molecule has 3 aromatic heterocycles. The zero-order valence-corrected chi connectivity index (χ0v) is 20.5. The second kappa shape index (κ2) is 8.54. The van der Waals surface area contributed by atoms with Crippen LogP contribution in [0.25, 0.3) is 22.4 Å². The molecule has 35 heavy (non-hydrogen) atoms. The summed E-state index contributed by atoms with van der Waals surface area (Å²) in [5.41, 5.74) is 7.26. The van der Waals surface area contributed by atoms with Crippen molar-refractivity contribution in [1.82, 2.24) is 24.9 Å². The molecule has 3 unspecified atom stereocenters. The van der Waals surface area contributed by atoms with E-state index < -0.39 is 0 Å². The summed E-state index contributed by atoms with van der Waals surface area (Å²) in [5.74, 6) is 4.58. The number of rotatable bonds is 4. The van der Waals surface area contributed by atoms with Crippen molar-refractivity contribution in [2.24, 2.45) is 23.7 Å². The van der Waals surface area contributed by atoms with E-state index in [2.05, 4.69) is 52.2 Å². The van der Waals surface area contributed by atoms with Gasteiger partial charge in [-0.25, -0.2) is 19.9 Å². The monoisotopic (exact) mass is 463 g/mol. The lowest BCUT2D eigenvalue weighted by Crippen LogP contribution is -2.39. The van der Waals surface area contributed by atoms with Crippen LogP contribution in [-0.4, -0.2) is 24.9 Å². The van der Waals surface area contributed by atoms with Gasteiger partial charge in [0.05, 0.1) is 0 Å². The Kier molecular flexibility index (Phi) is 5.18. The van der Waals surface area contributed by atoms with E-state index in [-0.39, 0.29) is 0 Å². The van der Waals surface area contributed by atoms with Crippen LogP contribution in [0.3, 0.4) is 0 Å². The fraction of sp³-hybridized carbons (Fsp3) is 0.467. The molecule has 178 valence electrons. The van der Waals surface area contributed by atoms with Crippen molar-refractivity contribution in [2.45, 2.75) is 64.2 Å². The fourth-order valence-corrected chi connectivity index (χ4v) is 7.42. The Morgan fingerprint density at radius 1 is 0.971 bits per heavy atom. The zero-order valence-electron chi connectivity index (χ0n) is 20.5. The van der Waals surface area contributed by atoms with Gasteiger partial charge in [-0.1, -0.05) is 31.2 Å². The molecule has 2 bridgehead atoms. The summed E-state index contributed by atoms with van der Waals surface area (Å²) in [6.07, 6.45) is 15.6. The second-order valence-corrected chi connectivity index (χ2v) is 11.2. The number of aromatic amines is 1. The van der Waals surface area contributed by atoms with Gasteiger partial charge >= 0.3 is 0 Å². The normalized spacial score (nSPS) is 27.7. The summed E-state index contributed by atoms with van der Waals surface area (Å²) < 4.78 is 0. The number of nitrogens with zero attached hydrogens (tertiary/aromatic N) is 4. The summed E-state index contributed by atoms with van der Waals surface area (Å²) in [6, 6.07) is 11.3. The van der Waals surface area contributed by atoms with Crippen molar-refractivity contribution in [1.29, 1.82) is 0 Å². The highest BCUT2D eigenvalue weighted by atomic mass is 14.9. The first-order chi connectivity index (χ1) is 17.2. The Labute approximate surface area is 206 Å². The quantitative estimate of drug-likeness (QED) is 0.385. The van der Waals surface area contributed by atoms with Crippen LogP contribution in [0.4, 0.5) is 0 Å². The van der Waals surface area contributed by atoms with Gasteiger partial charge in [0, 0.05) is 40.6 Å². The highest BCUT2D eigenvalue weighted by Gasteiger charge is 2.41. The minimum absolute atomic E-state index is 0.437. The summed E-state index contributed by atoms with van der Waals surface area (Å²) >= 11 is 0. The Morgan fingerprint density at radius 3 is 2.66 bits per heavy atom. The maximum absolute atomic E-state index is 5.20. The fourth-order valence-electron chi connectivity index (χ4n) is 7.42. The van der Waals surface area contributed by atoms with Gasteiger partial charge in [-0.2, -0.15) is 0 Å². The lowest BCUT2D eigenvalue weighted by atomic mass is 9.58. The number of fused-ring (bicyclic) bond motifs is 5. The third-order valence-electron chi connectivity index (χ3n) is 9.45. The molecule has 4 aliphatic carbocycles. The van der Waals surface area contributed by atoms with Crippen LogP contribution in [-0.2, 0) is 19.3 Å². The SMILES string of the molecule is CC1C2CCC(CC2)C1Cc1cc(C2CCc3ccccc3C2)nc(-c2c[nH]c3ncncc23)n1. The van der Waals surface area contributed by atoms with Crippen LogP contribution >= 0.6 is 0 Å². The Bertz CT molecular complexity index is 1360. The molecule has 0 amide bonds. The molecule has 8 rings (SSSR count). The highest BCUT2D eigenvalue weighted by molar-refractivity contribution is 5.90. The average Bonchev–Trinajstić information content (AvgIpc) is 3.35. The molecule has 3 atom stereocenters. The van der Waals surface area contributed by atoms with E-state index in [1.807, 2.05) is 12.4 Å². The van der Waals surface area contributed by atoms with E-state index in [0.29, 0.717) is 5.92 Å². The van der Waals surface area contributed by atoms with Crippen LogP contribution in [0.2, 0.25) is 0 Å². The van der Waals surface area contributed by atoms with Crippen molar-refractivity contribution < 1.29 is 0 Å². The number of hydrogen-bond acceptors (Lipinski definition) is 4. The first kappa shape index (κ1) is 21.2. The smallest absolute Gasteiger partial charge is 0.161 e. The van der Waals surface area contributed by atoms with Gasteiger partial charge < -0.3 is 4.98 Å². The molecule has 3 fully saturated rings. The van der Waals surface area contributed by atoms with Crippen molar-refractivity contribution in [2.75, 3.05) is 0 Å². The minimum atomic E-state index is 0.437. The second-order valence-electron chi connectivity index (χ2n) is 11.2. The van der Waals surface area contributed by atoms with Gasteiger partial charge in [0.2, 0.25) is 0 Å². The van der Waals surface area contributed by atoms with Crippen LogP contribution in [0.1, 0.15) is 67.5 Å². The summed E-state index contributed by atoms with van der Waals surface area (Å²) in [5, 5.41) is 0.995. The topological polar surface area (TPSA) is 67.3 Å². The van der Waals surface area contributed by atoms with Gasteiger partial charge in [0.1, 0.15) is 12.0 Å². The van der Waals surface area contributed by atoms with Crippen LogP contribution < -0.4 is 0 Å². The number of nitrogens with one attached hydrogen (secondary N) is 1. The minimum Gasteiger partial charge on any atom is -0.345 e. The summed E-state index contributed by atoms with van der Waals surface area (Å²) in [6.45, 7) is 2.50. The van der Waals surface area contributed by atoms with Gasteiger partial charge in [0.25, 0.3) is 0 Å². The van der Waals surface area contributed by atoms with Crippen LogP contribution in [0.15, 0.2) is 49.1 Å². The van der Waals surface area contributed by atoms with Crippen LogP contribution in [0.5, 0.6) is 0 Å². The molecule has 0 radical (unpaired) electrons. The van der Waals surface area contributed by atoms with E-state index in [4.69, 9.17) is 9.97 Å². The molecule has 4 aliphatic rings. The third-order valence-corrected chi connectivity index (χ3v) is 9.45. The Morgan fingerprint density at radius 2 is 1.80 bits per heavy atom. The largest absolute Gasteiger partial charge is 0.345 e. The van der Waals surface area contributed by atoms with E-state index in [1.54, 1.807) is 6.33 Å². The van der Waals surface area contributed by atoms with Gasteiger partial charge in [-0.15, -0.1) is 0 Å². The van der Waals surface area contributed by atoms with Gasteiger partial charge in [-0.05, 0) is 92.2 Å². The van der Waals surface area contributed by atoms with Gasteiger partial charge in [-0.3, -0.25) is 0 Å². The van der Waals surface area contributed by atoms with E-state index in [0.717, 1.165) is 71.8 Å². The van der Waals surface area contributed by atoms with Crippen molar-refractivity contribution in [3.8, 4) is 11.4 Å². The van der Waals surface area contributed by atoms with Crippen molar-refractivity contribution in [3.63, 3.8) is 0 Å². The summed E-state index contributed by atoms with van der Waals surface area (Å²) in [7, 11) is 0. The summed E-state index contributed by atoms with van der Waals surface area (Å²) in [4.78, 5) is 22.4. The first-order valence-corrected chi connectivity index (χ1v) is 13.4. The van der Waals surface area contributed by atoms with Crippen LogP contribution in [0, 0.1) is 23.7 Å². The molecule has 0 aliphatic heterocycles. The molecular formula is C30H33N5.